The van der Waals surface area contributed by atoms with Crippen molar-refractivity contribution in [2.75, 3.05) is 51.3 Å². The van der Waals surface area contributed by atoms with E-state index in [1.807, 2.05) is 4.90 Å². The van der Waals surface area contributed by atoms with Crippen LogP contribution in [0.2, 0.25) is 0 Å². The number of ether oxygens (including phenoxy) is 1. The minimum Gasteiger partial charge on any atom is -0.383 e. The van der Waals surface area contributed by atoms with Gasteiger partial charge in [-0.05, 0) is 0 Å². The fourth-order valence-corrected chi connectivity index (χ4v) is 2.76. The van der Waals surface area contributed by atoms with Crippen molar-refractivity contribution in [3.05, 3.63) is 11.1 Å². The normalized spacial score (nSPS) is 18.0. The van der Waals surface area contributed by atoms with Gasteiger partial charge in [0, 0.05) is 39.8 Å². The molecule has 1 aliphatic rings. The molecule has 0 N–H and O–H groups in total. The van der Waals surface area contributed by atoms with Crippen LogP contribution < -0.4 is 4.90 Å². The van der Waals surface area contributed by atoms with Crippen LogP contribution in [0.4, 0.5) is 18.3 Å². The van der Waals surface area contributed by atoms with E-state index >= 15 is 0 Å². The molecular weight excluding hydrogens is 279 g/mol. The van der Waals surface area contributed by atoms with Gasteiger partial charge in [0.2, 0.25) is 0 Å². The summed E-state index contributed by atoms with van der Waals surface area (Å²) in [5, 5.41) is 0.457. The zero-order valence-corrected chi connectivity index (χ0v) is 11.4. The Kier molecular flexibility index (Phi) is 4.64. The van der Waals surface area contributed by atoms with E-state index in [-0.39, 0.29) is 0 Å². The Morgan fingerprint density at radius 1 is 1.32 bits per heavy atom. The quantitative estimate of drug-likeness (QED) is 0.848. The number of thiazole rings is 1. The van der Waals surface area contributed by atoms with Crippen molar-refractivity contribution in [1.82, 2.24) is 9.88 Å². The highest BCUT2D eigenvalue weighted by molar-refractivity contribution is 7.15. The number of anilines is 1. The lowest BCUT2D eigenvalue weighted by Crippen LogP contribution is -2.47. The molecule has 0 aromatic carbocycles. The summed E-state index contributed by atoms with van der Waals surface area (Å²) in [5.41, 5.74) is 0. The molecule has 2 heterocycles. The molecule has 19 heavy (non-hydrogen) atoms. The molecule has 1 aliphatic heterocycles. The highest BCUT2D eigenvalue weighted by atomic mass is 32.1. The number of halogens is 3. The lowest BCUT2D eigenvalue weighted by molar-refractivity contribution is -0.134. The van der Waals surface area contributed by atoms with Gasteiger partial charge in [-0.2, -0.15) is 13.2 Å². The second-order valence-corrected chi connectivity index (χ2v) is 5.34. The fraction of sp³-hybridized carbons (Fsp3) is 0.727. The van der Waals surface area contributed by atoms with Crippen molar-refractivity contribution in [2.24, 2.45) is 0 Å². The average Bonchev–Trinajstić information content (AvgIpc) is 2.86. The van der Waals surface area contributed by atoms with Gasteiger partial charge in [0.05, 0.1) is 12.8 Å². The summed E-state index contributed by atoms with van der Waals surface area (Å²) < 4.78 is 42.5. The lowest BCUT2D eigenvalue weighted by atomic mass is 10.3. The Morgan fingerprint density at radius 2 is 2.00 bits per heavy atom. The maximum absolute atomic E-state index is 12.5. The molecule has 1 fully saturated rings. The smallest absolute Gasteiger partial charge is 0.383 e. The molecule has 0 amide bonds. The number of hydrogen-bond donors (Lipinski definition) is 0. The molecule has 0 atom stereocenters. The van der Waals surface area contributed by atoms with Crippen molar-refractivity contribution >= 4 is 16.5 Å². The van der Waals surface area contributed by atoms with Gasteiger partial charge in [-0.1, -0.05) is 11.3 Å². The Morgan fingerprint density at radius 3 is 2.53 bits per heavy atom. The molecular formula is C11H16F3N3OS. The zero-order valence-electron chi connectivity index (χ0n) is 10.6. The van der Waals surface area contributed by atoms with Crippen molar-refractivity contribution < 1.29 is 17.9 Å². The first-order valence-corrected chi connectivity index (χ1v) is 6.81. The fourth-order valence-electron chi connectivity index (χ4n) is 1.93. The van der Waals surface area contributed by atoms with Crippen molar-refractivity contribution in [3.63, 3.8) is 0 Å². The first-order chi connectivity index (χ1) is 9.00. The van der Waals surface area contributed by atoms with Gasteiger partial charge < -0.3 is 9.64 Å². The van der Waals surface area contributed by atoms with Crippen LogP contribution in [0.15, 0.2) is 6.20 Å². The molecule has 1 aromatic heterocycles. The highest BCUT2D eigenvalue weighted by Crippen LogP contribution is 2.36. The maximum Gasteiger partial charge on any atom is 0.427 e. The van der Waals surface area contributed by atoms with Crippen LogP contribution in [0.1, 0.15) is 4.88 Å². The first kappa shape index (κ1) is 14.5. The Balaban J connectivity index is 1.89. The number of hydrogen-bond acceptors (Lipinski definition) is 5. The molecule has 0 saturated carbocycles. The van der Waals surface area contributed by atoms with Crippen LogP contribution in [0.25, 0.3) is 0 Å². The average molecular weight is 295 g/mol. The van der Waals surface area contributed by atoms with E-state index < -0.39 is 11.1 Å². The molecule has 108 valence electrons. The number of aromatic nitrogens is 1. The lowest BCUT2D eigenvalue weighted by Gasteiger charge is -2.34. The number of methoxy groups -OCH3 is 1. The van der Waals surface area contributed by atoms with Crippen LogP contribution in [0.3, 0.4) is 0 Å². The monoisotopic (exact) mass is 295 g/mol. The summed E-state index contributed by atoms with van der Waals surface area (Å²) in [5.74, 6) is 0. The molecule has 0 unspecified atom stereocenters. The van der Waals surface area contributed by atoms with Gasteiger partial charge in [-0.25, -0.2) is 4.98 Å². The second-order valence-electron chi connectivity index (χ2n) is 4.33. The first-order valence-electron chi connectivity index (χ1n) is 6.00. The van der Waals surface area contributed by atoms with Gasteiger partial charge in [0.25, 0.3) is 0 Å². The van der Waals surface area contributed by atoms with Crippen LogP contribution in [0.5, 0.6) is 0 Å². The number of alkyl halides is 3. The largest absolute Gasteiger partial charge is 0.427 e. The molecule has 0 aliphatic carbocycles. The Hall–Kier alpha value is -0.860. The minimum atomic E-state index is -4.30. The predicted molar refractivity (Wildman–Crippen MR) is 67.6 cm³/mol. The predicted octanol–water partition coefficient (Wildman–Crippen LogP) is 1.93. The van der Waals surface area contributed by atoms with Gasteiger partial charge in [-0.15, -0.1) is 0 Å². The molecule has 8 heteroatoms. The van der Waals surface area contributed by atoms with Crippen LogP contribution in [-0.2, 0) is 10.9 Å². The standard InChI is InChI=1S/C11H16F3N3OS/c1-18-7-6-16-2-4-17(5-3-16)10-15-8-9(19-10)11(12,13)14/h8H,2-7H2,1H3. The van der Waals surface area contributed by atoms with E-state index in [2.05, 4.69) is 9.88 Å². The summed E-state index contributed by atoms with van der Waals surface area (Å²) in [6.07, 6.45) is -3.38. The third kappa shape index (κ3) is 3.80. The van der Waals surface area contributed by atoms with Crippen molar-refractivity contribution in [1.29, 1.82) is 0 Å². The van der Waals surface area contributed by atoms with E-state index in [9.17, 15) is 13.2 Å². The Labute approximate surface area is 113 Å². The third-order valence-corrected chi connectivity index (χ3v) is 4.13. The molecule has 0 radical (unpaired) electrons. The van der Waals surface area contributed by atoms with E-state index in [1.54, 1.807) is 7.11 Å². The van der Waals surface area contributed by atoms with E-state index in [4.69, 9.17) is 4.74 Å². The van der Waals surface area contributed by atoms with Crippen LogP contribution in [0, 0.1) is 0 Å². The number of rotatable bonds is 4. The minimum absolute atomic E-state index is 0.457. The highest BCUT2D eigenvalue weighted by Gasteiger charge is 2.34. The van der Waals surface area contributed by atoms with Gasteiger partial charge in [0.15, 0.2) is 5.13 Å². The van der Waals surface area contributed by atoms with Gasteiger partial charge in [-0.3, -0.25) is 4.90 Å². The summed E-state index contributed by atoms with van der Waals surface area (Å²) in [6.45, 7) is 4.59. The molecule has 4 nitrogen and oxygen atoms in total. The SMILES string of the molecule is COCCN1CCN(c2ncc(C(F)(F)F)s2)CC1. The van der Waals surface area contributed by atoms with E-state index in [1.165, 1.54) is 0 Å². The molecule has 1 aromatic rings. The van der Waals surface area contributed by atoms with Crippen LogP contribution >= 0.6 is 11.3 Å². The maximum atomic E-state index is 12.5. The number of piperazine rings is 1. The zero-order chi connectivity index (χ0) is 13.9. The molecule has 2 rings (SSSR count). The third-order valence-electron chi connectivity index (χ3n) is 3.03. The molecule has 0 spiro atoms. The molecule has 0 bridgehead atoms. The van der Waals surface area contributed by atoms with Gasteiger partial charge in [0.1, 0.15) is 4.88 Å². The second kappa shape index (κ2) is 6.06. The van der Waals surface area contributed by atoms with Crippen LogP contribution in [-0.4, -0.2) is 56.3 Å². The van der Waals surface area contributed by atoms with Crippen molar-refractivity contribution in [2.45, 2.75) is 6.18 Å². The van der Waals surface area contributed by atoms with Gasteiger partial charge >= 0.3 is 6.18 Å². The Bertz CT molecular complexity index is 402. The number of nitrogens with zero attached hydrogens (tertiary/aromatic N) is 3. The summed E-state index contributed by atoms with van der Waals surface area (Å²) in [4.78, 5) is 7.38. The summed E-state index contributed by atoms with van der Waals surface area (Å²) >= 11 is 0.712. The van der Waals surface area contributed by atoms with Crippen molar-refractivity contribution in [3.8, 4) is 0 Å². The summed E-state index contributed by atoms with van der Waals surface area (Å²) in [6, 6.07) is 0. The summed E-state index contributed by atoms with van der Waals surface area (Å²) in [7, 11) is 1.66. The topological polar surface area (TPSA) is 28.6 Å². The van der Waals surface area contributed by atoms with E-state index in [0.717, 1.165) is 25.8 Å². The molecule has 1 saturated heterocycles. The van der Waals surface area contributed by atoms with E-state index in [0.29, 0.717) is 36.2 Å².